The number of carbonyl (C=O) groups is 1. The molecule has 1 amide bonds. The summed E-state index contributed by atoms with van der Waals surface area (Å²) in [6.45, 7) is 2.76. The number of nitrogens with zero attached hydrogens (tertiary/aromatic N) is 1. The monoisotopic (exact) mass is 364 g/mol. The molecule has 4 aromatic rings. The number of anilines is 1. The lowest BCUT2D eigenvalue weighted by atomic mass is 10.1. The number of thiophene rings is 1. The molecule has 0 bridgehead atoms. The topological polar surface area (TPSA) is 34.0 Å². The van der Waals surface area contributed by atoms with Crippen LogP contribution in [0.5, 0.6) is 0 Å². The molecule has 26 heavy (non-hydrogen) atoms. The average molecular weight is 364 g/mol. The first-order chi connectivity index (χ1) is 12.6. The summed E-state index contributed by atoms with van der Waals surface area (Å²) >= 11 is 1.10. The van der Waals surface area contributed by atoms with Gasteiger partial charge in [-0.05, 0) is 30.0 Å². The highest BCUT2D eigenvalue weighted by Gasteiger charge is 2.16. The van der Waals surface area contributed by atoms with Gasteiger partial charge in [-0.25, -0.2) is 4.39 Å². The Hall–Kier alpha value is -2.92. The molecular formula is C21H17FN2OS. The summed E-state index contributed by atoms with van der Waals surface area (Å²) in [6.07, 6.45) is 1.91. The number of para-hydroxylation sites is 1. The molecule has 0 saturated heterocycles. The lowest BCUT2D eigenvalue weighted by molar-refractivity contribution is 0.102. The molecule has 0 atom stereocenters. The van der Waals surface area contributed by atoms with Crippen molar-refractivity contribution in [2.75, 3.05) is 5.32 Å². The summed E-state index contributed by atoms with van der Waals surface area (Å²) in [6, 6.07) is 17.6. The number of hydrogen-bond acceptors (Lipinski definition) is 2. The third-order valence-corrected chi connectivity index (χ3v) is 5.22. The molecule has 0 saturated carbocycles. The minimum Gasteiger partial charge on any atom is -0.341 e. The highest BCUT2D eigenvalue weighted by molar-refractivity contribution is 7.12. The highest BCUT2D eigenvalue weighted by Crippen LogP contribution is 2.28. The van der Waals surface area contributed by atoms with E-state index in [2.05, 4.69) is 41.1 Å². The van der Waals surface area contributed by atoms with Crippen molar-refractivity contribution in [3.63, 3.8) is 0 Å². The zero-order valence-electron chi connectivity index (χ0n) is 14.2. The van der Waals surface area contributed by atoms with Gasteiger partial charge in [0.1, 0.15) is 10.7 Å². The second kappa shape index (κ2) is 6.77. The van der Waals surface area contributed by atoms with E-state index >= 15 is 0 Å². The number of fused-ring (bicyclic) bond motifs is 1. The largest absolute Gasteiger partial charge is 0.341 e. The van der Waals surface area contributed by atoms with E-state index in [0.717, 1.165) is 22.2 Å². The van der Waals surface area contributed by atoms with Crippen LogP contribution in [0.1, 0.15) is 20.8 Å². The Labute approximate surface area is 154 Å². The predicted molar refractivity (Wildman–Crippen MR) is 104 cm³/mol. The second-order valence-electron chi connectivity index (χ2n) is 6.23. The van der Waals surface area contributed by atoms with Gasteiger partial charge in [0.2, 0.25) is 0 Å². The number of rotatable bonds is 4. The third kappa shape index (κ3) is 3.13. The summed E-state index contributed by atoms with van der Waals surface area (Å²) in [4.78, 5) is 12.5. The number of hydrogen-bond donors (Lipinski definition) is 1. The minimum atomic E-state index is -0.490. The van der Waals surface area contributed by atoms with E-state index in [9.17, 15) is 9.18 Å². The molecule has 2 aromatic heterocycles. The fourth-order valence-electron chi connectivity index (χ4n) is 3.00. The van der Waals surface area contributed by atoms with E-state index in [1.54, 1.807) is 5.38 Å². The number of carbonyl (C=O) groups excluding carboxylic acids is 1. The van der Waals surface area contributed by atoms with E-state index in [1.807, 2.05) is 30.5 Å². The maximum Gasteiger partial charge on any atom is 0.268 e. The first-order valence-electron chi connectivity index (χ1n) is 8.29. The molecule has 1 N–H and O–H groups in total. The summed E-state index contributed by atoms with van der Waals surface area (Å²) in [5.41, 5.74) is 4.11. The molecule has 4 rings (SSSR count). The molecule has 0 aliphatic rings. The SMILES string of the molecule is Cc1ccc(Cn2cc(NC(=O)c3sccc3F)c3ccccc32)cc1. The van der Waals surface area contributed by atoms with Crippen molar-refractivity contribution in [1.82, 2.24) is 4.57 Å². The fourth-order valence-corrected chi connectivity index (χ4v) is 3.66. The van der Waals surface area contributed by atoms with Crippen molar-refractivity contribution in [2.45, 2.75) is 13.5 Å². The van der Waals surface area contributed by atoms with E-state index in [1.165, 1.54) is 17.2 Å². The van der Waals surface area contributed by atoms with Crippen LogP contribution in [0.15, 0.2) is 66.2 Å². The number of amides is 1. The second-order valence-corrected chi connectivity index (χ2v) is 7.14. The van der Waals surface area contributed by atoms with Gasteiger partial charge in [-0.1, -0.05) is 48.0 Å². The zero-order valence-corrected chi connectivity index (χ0v) is 15.0. The van der Waals surface area contributed by atoms with Crippen LogP contribution < -0.4 is 5.32 Å². The van der Waals surface area contributed by atoms with Crippen LogP contribution in [0.25, 0.3) is 10.9 Å². The van der Waals surface area contributed by atoms with Crippen LogP contribution in [0.2, 0.25) is 0 Å². The van der Waals surface area contributed by atoms with Gasteiger partial charge in [0.05, 0.1) is 11.2 Å². The summed E-state index contributed by atoms with van der Waals surface area (Å²) < 4.78 is 15.8. The van der Waals surface area contributed by atoms with Crippen molar-refractivity contribution in [3.05, 3.63) is 88.0 Å². The normalized spacial score (nSPS) is 11.0. The lowest BCUT2D eigenvalue weighted by Crippen LogP contribution is -2.11. The van der Waals surface area contributed by atoms with Crippen LogP contribution in [-0.4, -0.2) is 10.5 Å². The maximum atomic E-state index is 13.7. The van der Waals surface area contributed by atoms with Crippen LogP contribution in [0.4, 0.5) is 10.1 Å². The Balaban J connectivity index is 1.68. The number of aromatic nitrogens is 1. The van der Waals surface area contributed by atoms with Crippen LogP contribution in [0.3, 0.4) is 0 Å². The summed E-state index contributed by atoms with van der Waals surface area (Å²) in [5.74, 6) is -0.911. The molecule has 5 heteroatoms. The summed E-state index contributed by atoms with van der Waals surface area (Å²) in [5, 5.41) is 5.36. The molecule has 3 nitrogen and oxygen atoms in total. The molecule has 0 unspecified atom stereocenters. The number of aryl methyl sites for hydroxylation is 1. The molecule has 0 radical (unpaired) electrons. The Morgan fingerprint density at radius 3 is 2.62 bits per heavy atom. The van der Waals surface area contributed by atoms with Gasteiger partial charge < -0.3 is 9.88 Å². The minimum absolute atomic E-state index is 0.0976. The molecule has 130 valence electrons. The van der Waals surface area contributed by atoms with Crippen molar-refractivity contribution in [2.24, 2.45) is 0 Å². The standard InChI is InChI=1S/C21H17FN2OS/c1-14-6-8-15(9-7-14)12-24-13-18(16-4-2-3-5-19(16)24)23-21(25)20-17(22)10-11-26-20/h2-11,13H,12H2,1H3,(H,23,25). The van der Waals surface area contributed by atoms with Gasteiger partial charge in [0.25, 0.3) is 5.91 Å². The molecule has 2 aromatic carbocycles. The van der Waals surface area contributed by atoms with Crippen LogP contribution >= 0.6 is 11.3 Å². The van der Waals surface area contributed by atoms with Crippen molar-refractivity contribution >= 4 is 33.8 Å². The quantitative estimate of drug-likeness (QED) is 0.513. The molecule has 0 aliphatic carbocycles. The van der Waals surface area contributed by atoms with E-state index < -0.39 is 11.7 Å². The van der Waals surface area contributed by atoms with Crippen molar-refractivity contribution < 1.29 is 9.18 Å². The molecule has 0 spiro atoms. The Morgan fingerprint density at radius 1 is 1.12 bits per heavy atom. The number of nitrogens with one attached hydrogen (secondary N) is 1. The van der Waals surface area contributed by atoms with Crippen molar-refractivity contribution in [3.8, 4) is 0 Å². The molecule has 0 fully saturated rings. The van der Waals surface area contributed by atoms with Gasteiger partial charge in [0, 0.05) is 18.1 Å². The van der Waals surface area contributed by atoms with Gasteiger partial charge in [-0.3, -0.25) is 4.79 Å². The van der Waals surface area contributed by atoms with Gasteiger partial charge in [0.15, 0.2) is 0 Å². The lowest BCUT2D eigenvalue weighted by Gasteiger charge is -2.05. The van der Waals surface area contributed by atoms with E-state index in [4.69, 9.17) is 0 Å². The fraction of sp³-hybridized carbons (Fsp3) is 0.0952. The van der Waals surface area contributed by atoms with Crippen LogP contribution in [-0.2, 0) is 6.54 Å². The predicted octanol–water partition coefficient (Wildman–Crippen LogP) is 5.45. The van der Waals surface area contributed by atoms with Gasteiger partial charge in [-0.2, -0.15) is 0 Å². The highest BCUT2D eigenvalue weighted by atomic mass is 32.1. The van der Waals surface area contributed by atoms with Crippen molar-refractivity contribution in [1.29, 1.82) is 0 Å². The third-order valence-electron chi connectivity index (χ3n) is 4.33. The number of halogens is 1. The van der Waals surface area contributed by atoms with Gasteiger partial charge >= 0.3 is 0 Å². The Morgan fingerprint density at radius 2 is 1.88 bits per heavy atom. The molecule has 2 heterocycles. The molecular weight excluding hydrogens is 347 g/mol. The van der Waals surface area contributed by atoms with Crippen LogP contribution in [0, 0.1) is 12.7 Å². The Bertz CT molecular complexity index is 1080. The Kier molecular flexibility index (Phi) is 4.31. The van der Waals surface area contributed by atoms with Gasteiger partial charge in [-0.15, -0.1) is 11.3 Å². The average Bonchev–Trinajstić information content (AvgIpc) is 3.22. The summed E-state index contributed by atoms with van der Waals surface area (Å²) in [7, 11) is 0. The zero-order chi connectivity index (χ0) is 18.1. The van der Waals surface area contributed by atoms with E-state index in [0.29, 0.717) is 12.2 Å². The maximum absolute atomic E-state index is 13.7. The molecule has 0 aliphatic heterocycles. The number of benzene rings is 2. The first kappa shape index (κ1) is 16.5. The smallest absolute Gasteiger partial charge is 0.268 e. The first-order valence-corrected chi connectivity index (χ1v) is 9.17. The van der Waals surface area contributed by atoms with E-state index in [-0.39, 0.29) is 4.88 Å².